The molecular formula is C17H17N3O5. The van der Waals surface area contributed by atoms with Gasteiger partial charge in [-0.1, -0.05) is 43.7 Å². The van der Waals surface area contributed by atoms with Gasteiger partial charge >= 0.3 is 0 Å². The first kappa shape index (κ1) is 18.1. The van der Waals surface area contributed by atoms with E-state index in [1.54, 1.807) is 0 Å². The van der Waals surface area contributed by atoms with Crippen molar-refractivity contribution in [1.29, 1.82) is 0 Å². The number of nitro benzene ring substituents is 2. The molecule has 0 aromatic heterocycles. The number of hydrogen-bond acceptors (Lipinski definition) is 5. The molecule has 2 aromatic carbocycles. The van der Waals surface area contributed by atoms with Gasteiger partial charge < -0.3 is 5.32 Å². The van der Waals surface area contributed by atoms with Gasteiger partial charge in [0.1, 0.15) is 0 Å². The van der Waals surface area contributed by atoms with Crippen LogP contribution in [0.15, 0.2) is 48.5 Å². The van der Waals surface area contributed by atoms with Crippen molar-refractivity contribution in [3.8, 4) is 0 Å². The van der Waals surface area contributed by atoms with Gasteiger partial charge in [-0.15, -0.1) is 0 Å². The van der Waals surface area contributed by atoms with Gasteiger partial charge in [0, 0.05) is 12.1 Å². The van der Waals surface area contributed by atoms with E-state index in [2.05, 4.69) is 5.32 Å². The maximum absolute atomic E-state index is 12.5. The number of nitrogens with zero attached hydrogens (tertiary/aromatic N) is 2. The Morgan fingerprint density at radius 2 is 1.60 bits per heavy atom. The van der Waals surface area contributed by atoms with Crippen LogP contribution in [0.5, 0.6) is 0 Å². The predicted octanol–water partition coefficient (Wildman–Crippen LogP) is 3.77. The van der Waals surface area contributed by atoms with Crippen molar-refractivity contribution < 1.29 is 14.6 Å². The molecule has 1 atom stereocenters. The monoisotopic (exact) mass is 343 g/mol. The Kier molecular flexibility index (Phi) is 5.78. The third-order valence-corrected chi connectivity index (χ3v) is 3.67. The van der Waals surface area contributed by atoms with Crippen LogP contribution in [-0.2, 0) is 0 Å². The van der Waals surface area contributed by atoms with E-state index in [1.807, 2.05) is 37.3 Å². The number of carbonyl (C=O) groups is 1. The van der Waals surface area contributed by atoms with E-state index in [-0.39, 0.29) is 11.6 Å². The Balaban J connectivity index is 2.32. The summed E-state index contributed by atoms with van der Waals surface area (Å²) in [7, 11) is 0. The summed E-state index contributed by atoms with van der Waals surface area (Å²) in [5.41, 5.74) is -0.201. The molecule has 0 spiro atoms. The normalized spacial score (nSPS) is 11.6. The fraction of sp³-hybridized carbons (Fsp3) is 0.235. The summed E-state index contributed by atoms with van der Waals surface area (Å²) in [6, 6.07) is 11.9. The largest absolute Gasteiger partial charge is 0.345 e. The third-order valence-electron chi connectivity index (χ3n) is 3.67. The number of nitro groups is 2. The molecule has 8 nitrogen and oxygen atoms in total. The van der Waals surface area contributed by atoms with Crippen molar-refractivity contribution in [3.05, 3.63) is 79.9 Å². The number of carbonyl (C=O) groups excluding carboxylic acids is 1. The number of amides is 1. The van der Waals surface area contributed by atoms with Crippen molar-refractivity contribution in [3.63, 3.8) is 0 Å². The van der Waals surface area contributed by atoms with E-state index in [4.69, 9.17) is 0 Å². The average Bonchev–Trinajstić information content (AvgIpc) is 2.61. The number of hydrogen-bond donors (Lipinski definition) is 1. The van der Waals surface area contributed by atoms with E-state index >= 15 is 0 Å². The van der Waals surface area contributed by atoms with Crippen LogP contribution >= 0.6 is 0 Å². The zero-order chi connectivity index (χ0) is 18.4. The number of non-ortho nitro benzene ring substituents is 2. The molecule has 8 heteroatoms. The highest BCUT2D eigenvalue weighted by atomic mass is 16.6. The summed E-state index contributed by atoms with van der Waals surface area (Å²) >= 11 is 0. The topological polar surface area (TPSA) is 115 Å². The van der Waals surface area contributed by atoms with Crippen molar-refractivity contribution in [2.24, 2.45) is 0 Å². The molecule has 25 heavy (non-hydrogen) atoms. The summed E-state index contributed by atoms with van der Waals surface area (Å²) < 4.78 is 0. The molecule has 0 saturated carbocycles. The van der Waals surface area contributed by atoms with Crippen LogP contribution in [0.1, 0.15) is 41.7 Å². The molecular weight excluding hydrogens is 326 g/mol. The second-order valence-corrected chi connectivity index (χ2v) is 5.48. The molecule has 0 fully saturated rings. The first-order valence-electron chi connectivity index (χ1n) is 7.72. The van der Waals surface area contributed by atoms with Crippen LogP contribution in [0.25, 0.3) is 0 Å². The van der Waals surface area contributed by atoms with Gasteiger partial charge in [-0.2, -0.15) is 0 Å². The molecule has 0 unspecified atom stereocenters. The van der Waals surface area contributed by atoms with Crippen LogP contribution < -0.4 is 5.32 Å². The summed E-state index contributed by atoms with van der Waals surface area (Å²) in [4.78, 5) is 32.9. The third kappa shape index (κ3) is 4.60. The van der Waals surface area contributed by atoms with Gasteiger partial charge in [-0.3, -0.25) is 25.0 Å². The second-order valence-electron chi connectivity index (χ2n) is 5.48. The highest BCUT2D eigenvalue weighted by Crippen LogP contribution is 2.24. The van der Waals surface area contributed by atoms with Crippen LogP contribution in [0.4, 0.5) is 11.4 Å². The molecule has 0 bridgehead atoms. The van der Waals surface area contributed by atoms with E-state index in [0.29, 0.717) is 6.42 Å². The maximum atomic E-state index is 12.5. The quantitative estimate of drug-likeness (QED) is 0.607. The number of rotatable bonds is 7. The van der Waals surface area contributed by atoms with Gasteiger partial charge in [0.25, 0.3) is 17.3 Å². The van der Waals surface area contributed by atoms with Crippen LogP contribution in [0.2, 0.25) is 0 Å². The van der Waals surface area contributed by atoms with Crippen molar-refractivity contribution in [2.75, 3.05) is 0 Å². The van der Waals surface area contributed by atoms with Crippen molar-refractivity contribution >= 4 is 17.3 Å². The lowest BCUT2D eigenvalue weighted by atomic mass is 10.0. The maximum Gasteiger partial charge on any atom is 0.277 e. The van der Waals surface area contributed by atoms with E-state index in [9.17, 15) is 25.0 Å². The molecule has 0 aliphatic rings. The summed E-state index contributed by atoms with van der Waals surface area (Å²) in [5, 5.41) is 24.7. The highest BCUT2D eigenvalue weighted by molar-refractivity contribution is 5.95. The molecule has 0 aliphatic carbocycles. The zero-order valence-corrected chi connectivity index (χ0v) is 13.5. The Bertz CT molecular complexity index is 760. The molecule has 2 rings (SSSR count). The van der Waals surface area contributed by atoms with Crippen LogP contribution in [-0.4, -0.2) is 15.8 Å². The molecule has 0 aliphatic heterocycles. The first-order chi connectivity index (χ1) is 11.9. The van der Waals surface area contributed by atoms with Gasteiger partial charge in [0.15, 0.2) is 0 Å². The standard InChI is InChI=1S/C17H17N3O5/c1-2-6-16(12-7-4-3-5-8-12)18-17(21)13-9-14(19(22)23)11-15(10-13)20(24)25/h3-5,7-11,16H,2,6H2,1H3,(H,18,21)/t16-/m1/s1. The highest BCUT2D eigenvalue weighted by Gasteiger charge is 2.21. The molecule has 1 N–H and O–H groups in total. The van der Waals surface area contributed by atoms with Gasteiger partial charge in [0.05, 0.1) is 27.5 Å². The summed E-state index contributed by atoms with van der Waals surface area (Å²) in [6.07, 6.45) is 1.49. The van der Waals surface area contributed by atoms with Crippen molar-refractivity contribution in [2.45, 2.75) is 25.8 Å². The minimum Gasteiger partial charge on any atom is -0.345 e. The summed E-state index contributed by atoms with van der Waals surface area (Å²) in [6.45, 7) is 1.97. The Labute approximate surface area is 143 Å². The predicted molar refractivity (Wildman–Crippen MR) is 91.3 cm³/mol. The molecule has 1 amide bonds. The van der Waals surface area contributed by atoms with Gasteiger partial charge in [0.2, 0.25) is 0 Å². The van der Waals surface area contributed by atoms with E-state index in [1.165, 1.54) is 0 Å². The molecule has 130 valence electrons. The first-order valence-corrected chi connectivity index (χ1v) is 7.72. The fourth-order valence-corrected chi connectivity index (χ4v) is 2.47. The lowest BCUT2D eigenvalue weighted by molar-refractivity contribution is -0.394. The van der Waals surface area contributed by atoms with Gasteiger partial charge in [-0.25, -0.2) is 0 Å². The fourth-order valence-electron chi connectivity index (χ4n) is 2.47. The Hall–Kier alpha value is -3.29. The zero-order valence-electron chi connectivity index (χ0n) is 13.5. The number of nitrogens with one attached hydrogen (secondary N) is 1. The van der Waals surface area contributed by atoms with E-state index in [0.717, 1.165) is 30.2 Å². The molecule has 0 heterocycles. The lowest BCUT2D eigenvalue weighted by Crippen LogP contribution is -2.28. The Morgan fingerprint density at radius 1 is 1.04 bits per heavy atom. The van der Waals surface area contributed by atoms with Crippen LogP contribution in [0, 0.1) is 20.2 Å². The van der Waals surface area contributed by atoms with Crippen molar-refractivity contribution in [1.82, 2.24) is 5.32 Å². The second kappa shape index (κ2) is 8.00. The molecule has 0 radical (unpaired) electrons. The minimum atomic E-state index is -0.759. The minimum absolute atomic E-state index is 0.113. The SMILES string of the molecule is CCC[C@@H](NC(=O)c1cc([N+](=O)[O-])cc([N+](=O)[O-])c1)c1ccccc1. The molecule has 0 saturated heterocycles. The van der Waals surface area contributed by atoms with E-state index < -0.39 is 27.1 Å². The van der Waals surface area contributed by atoms with Crippen LogP contribution in [0.3, 0.4) is 0 Å². The average molecular weight is 343 g/mol. The molecule has 2 aromatic rings. The number of benzene rings is 2. The summed E-state index contributed by atoms with van der Waals surface area (Å²) in [5.74, 6) is -0.589. The lowest BCUT2D eigenvalue weighted by Gasteiger charge is -2.18. The Morgan fingerprint density at radius 3 is 2.08 bits per heavy atom. The van der Waals surface area contributed by atoms with Gasteiger partial charge in [-0.05, 0) is 12.0 Å². The smallest absolute Gasteiger partial charge is 0.277 e.